The third-order valence-corrected chi connectivity index (χ3v) is 0.991. The van der Waals surface area contributed by atoms with Crippen LogP contribution in [0.2, 0.25) is 0 Å². The minimum absolute atomic E-state index is 0.565. The Balaban J connectivity index is 3.31. The van der Waals surface area contributed by atoms with Gasteiger partial charge in [0.05, 0.1) is 0 Å². The first kappa shape index (κ1) is 7.26. The highest BCUT2D eigenvalue weighted by atomic mass is 16.4. The fraction of sp³-hybridized carbons (Fsp3) is 0. The molecule has 1 heterocycles. The molecule has 0 aliphatic carbocycles. The number of nitrogens with zero attached hydrogens (tertiary/aromatic N) is 1. The highest BCUT2D eigenvalue weighted by molar-refractivity contribution is 5.87. The van der Waals surface area contributed by atoms with Crippen LogP contribution in [0.3, 0.4) is 0 Å². The van der Waals surface area contributed by atoms with Crippen LogP contribution in [0.1, 0.15) is 10.5 Å². The minimum atomic E-state index is -1.39. The van der Waals surface area contributed by atoms with Crippen molar-refractivity contribution >= 4 is 5.97 Å². The lowest BCUT2D eigenvalue weighted by Crippen LogP contribution is -2.11. The van der Waals surface area contributed by atoms with Gasteiger partial charge in [0.25, 0.3) is 5.56 Å². The molecule has 3 N–H and O–H groups in total. The standard InChI is InChI=1S/C5H4N2O4/c8-2-1-3(9)6-7-4(2)5(10)11/h1H,(H,10,11)(H2,6,8,9). The van der Waals surface area contributed by atoms with Crippen molar-refractivity contribution in [1.82, 2.24) is 10.2 Å². The lowest BCUT2D eigenvalue weighted by molar-refractivity contribution is 0.0685. The molecule has 0 saturated carbocycles. The van der Waals surface area contributed by atoms with Gasteiger partial charge in [0, 0.05) is 6.07 Å². The maximum absolute atomic E-state index is 10.4. The van der Waals surface area contributed by atoms with Crippen LogP contribution < -0.4 is 5.56 Å². The molecule has 6 heteroatoms. The second kappa shape index (κ2) is 2.41. The average molecular weight is 156 g/mol. The number of aromatic carboxylic acids is 1. The van der Waals surface area contributed by atoms with Crippen LogP contribution in [0, 0.1) is 0 Å². The van der Waals surface area contributed by atoms with E-state index >= 15 is 0 Å². The highest BCUT2D eigenvalue weighted by Crippen LogP contribution is 2.07. The molecule has 0 amide bonds. The monoisotopic (exact) mass is 156 g/mol. The van der Waals surface area contributed by atoms with Crippen LogP contribution in [0.5, 0.6) is 5.75 Å². The smallest absolute Gasteiger partial charge is 0.360 e. The summed E-state index contributed by atoms with van der Waals surface area (Å²) < 4.78 is 0. The summed E-state index contributed by atoms with van der Waals surface area (Å²) in [6, 6.07) is 0.746. The molecule has 6 nitrogen and oxygen atoms in total. The van der Waals surface area contributed by atoms with Crippen molar-refractivity contribution < 1.29 is 15.0 Å². The number of hydrogen-bond donors (Lipinski definition) is 3. The van der Waals surface area contributed by atoms with Gasteiger partial charge >= 0.3 is 5.97 Å². The second-order valence-corrected chi connectivity index (χ2v) is 1.77. The van der Waals surface area contributed by atoms with Gasteiger partial charge in [-0.2, -0.15) is 5.10 Å². The van der Waals surface area contributed by atoms with Crippen LogP contribution in [-0.2, 0) is 0 Å². The molecule has 0 aromatic carbocycles. The summed E-state index contributed by atoms with van der Waals surface area (Å²) in [5.74, 6) is -2.03. The maximum atomic E-state index is 10.4. The van der Waals surface area contributed by atoms with Crippen molar-refractivity contribution in [2.75, 3.05) is 0 Å². The summed E-state index contributed by atoms with van der Waals surface area (Å²) in [6.07, 6.45) is 0. The van der Waals surface area contributed by atoms with Gasteiger partial charge in [-0.05, 0) is 0 Å². The van der Waals surface area contributed by atoms with Crippen LogP contribution >= 0.6 is 0 Å². The minimum Gasteiger partial charge on any atom is -0.505 e. The Morgan fingerprint density at radius 1 is 1.64 bits per heavy atom. The van der Waals surface area contributed by atoms with E-state index in [-0.39, 0.29) is 0 Å². The van der Waals surface area contributed by atoms with Crippen LogP contribution in [0.4, 0.5) is 0 Å². The first-order valence-electron chi connectivity index (χ1n) is 2.63. The number of nitrogens with one attached hydrogen (secondary N) is 1. The van der Waals surface area contributed by atoms with Gasteiger partial charge in [-0.3, -0.25) is 4.79 Å². The zero-order valence-electron chi connectivity index (χ0n) is 5.24. The SMILES string of the molecule is O=C(O)c1n[nH]c(=O)cc1O. The van der Waals surface area contributed by atoms with E-state index in [2.05, 4.69) is 5.10 Å². The number of aromatic amines is 1. The van der Waals surface area contributed by atoms with Gasteiger partial charge in [-0.25, -0.2) is 9.89 Å². The molecule has 1 rings (SSSR count). The quantitative estimate of drug-likeness (QED) is 0.492. The molecule has 0 atom stereocenters. The van der Waals surface area contributed by atoms with E-state index in [0.29, 0.717) is 0 Å². The largest absolute Gasteiger partial charge is 0.505 e. The maximum Gasteiger partial charge on any atom is 0.360 e. The molecule has 1 aromatic heterocycles. The molecule has 0 aliphatic heterocycles. The number of aromatic nitrogens is 2. The molecule has 1 aromatic rings. The van der Waals surface area contributed by atoms with Gasteiger partial charge in [0.1, 0.15) is 0 Å². The van der Waals surface area contributed by atoms with E-state index in [1.807, 2.05) is 5.10 Å². The summed E-state index contributed by atoms with van der Waals surface area (Å²) in [6.45, 7) is 0. The van der Waals surface area contributed by atoms with Crippen molar-refractivity contribution in [1.29, 1.82) is 0 Å². The first-order chi connectivity index (χ1) is 5.11. The van der Waals surface area contributed by atoms with Crippen LogP contribution in [0.15, 0.2) is 10.9 Å². The molecular weight excluding hydrogens is 152 g/mol. The van der Waals surface area contributed by atoms with E-state index in [1.165, 1.54) is 0 Å². The molecule has 0 bridgehead atoms. The first-order valence-corrected chi connectivity index (χ1v) is 2.63. The molecule has 0 aliphatic rings. The normalized spacial score (nSPS) is 9.45. The summed E-state index contributed by atoms with van der Waals surface area (Å²) in [7, 11) is 0. The molecule has 0 spiro atoms. The zero-order chi connectivity index (χ0) is 8.43. The zero-order valence-corrected chi connectivity index (χ0v) is 5.24. The van der Waals surface area contributed by atoms with Crippen LogP contribution in [0.25, 0.3) is 0 Å². The van der Waals surface area contributed by atoms with Crippen molar-refractivity contribution in [2.24, 2.45) is 0 Å². The number of hydrogen-bond acceptors (Lipinski definition) is 4. The highest BCUT2D eigenvalue weighted by Gasteiger charge is 2.10. The van der Waals surface area contributed by atoms with Crippen LogP contribution in [-0.4, -0.2) is 26.4 Å². The fourth-order valence-electron chi connectivity index (χ4n) is 0.550. The van der Waals surface area contributed by atoms with Gasteiger partial charge < -0.3 is 10.2 Å². The average Bonchev–Trinajstić information content (AvgIpc) is 1.85. The third kappa shape index (κ3) is 1.34. The topological polar surface area (TPSA) is 103 Å². The number of carboxylic acid groups (broad SMARTS) is 1. The Bertz CT molecular complexity index is 343. The van der Waals surface area contributed by atoms with E-state index in [9.17, 15) is 9.59 Å². The molecule has 0 unspecified atom stereocenters. The lowest BCUT2D eigenvalue weighted by Gasteiger charge is -1.93. The molecule has 0 radical (unpaired) electrons. The lowest BCUT2D eigenvalue weighted by atomic mass is 10.3. The molecule has 11 heavy (non-hydrogen) atoms. The molecular formula is C5H4N2O4. The summed E-state index contributed by atoms with van der Waals surface area (Å²) >= 11 is 0. The predicted octanol–water partition coefficient (Wildman–Crippen LogP) is -0.826. The van der Waals surface area contributed by atoms with E-state index in [4.69, 9.17) is 10.2 Å². The molecule has 58 valence electrons. The Kier molecular flexibility index (Phi) is 1.59. The Morgan fingerprint density at radius 3 is 2.73 bits per heavy atom. The molecule has 0 saturated heterocycles. The number of aromatic hydroxyl groups is 1. The number of rotatable bonds is 1. The Labute approximate surface area is 60.1 Å². The number of H-pyrrole nitrogens is 1. The Morgan fingerprint density at radius 2 is 2.27 bits per heavy atom. The summed E-state index contributed by atoms with van der Waals surface area (Å²) in [5, 5.41) is 22.1. The summed E-state index contributed by atoms with van der Waals surface area (Å²) in [5.41, 5.74) is -1.21. The van der Waals surface area contributed by atoms with Crippen molar-refractivity contribution in [3.63, 3.8) is 0 Å². The van der Waals surface area contributed by atoms with E-state index in [1.54, 1.807) is 0 Å². The van der Waals surface area contributed by atoms with Gasteiger partial charge in [0.15, 0.2) is 5.75 Å². The van der Waals surface area contributed by atoms with Crippen molar-refractivity contribution in [2.45, 2.75) is 0 Å². The van der Waals surface area contributed by atoms with E-state index in [0.717, 1.165) is 6.07 Å². The third-order valence-electron chi connectivity index (χ3n) is 0.991. The van der Waals surface area contributed by atoms with Gasteiger partial charge in [-0.1, -0.05) is 0 Å². The van der Waals surface area contributed by atoms with Crippen molar-refractivity contribution in [3.8, 4) is 5.75 Å². The van der Waals surface area contributed by atoms with Crippen molar-refractivity contribution in [3.05, 3.63) is 22.1 Å². The number of carboxylic acids is 1. The summed E-state index contributed by atoms with van der Waals surface area (Å²) in [4.78, 5) is 20.6. The Hall–Kier alpha value is -1.85. The van der Waals surface area contributed by atoms with Gasteiger partial charge in [-0.15, -0.1) is 0 Å². The molecule has 0 fully saturated rings. The van der Waals surface area contributed by atoms with E-state index < -0.39 is 23.0 Å². The van der Waals surface area contributed by atoms with Gasteiger partial charge in [0.2, 0.25) is 5.69 Å². The predicted molar refractivity (Wildman–Crippen MR) is 33.5 cm³/mol. The second-order valence-electron chi connectivity index (χ2n) is 1.77. The number of carbonyl (C=O) groups is 1. The fourth-order valence-corrected chi connectivity index (χ4v) is 0.550.